The van der Waals surface area contributed by atoms with Crippen LogP contribution in [0.25, 0.3) is 5.76 Å². The summed E-state index contributed by atoms with van der Waals surface area (Å²) in [4.78, 5) is 30.6. The van der Waals surface area contributed by atoms with Gasteiger partial charge in [0.15, 0.2) is 0 Å². The summed E-state index contributed by atoms with van der Waals surface area (Å²) in [6.45, 7) is 11.0. The molecule has 1 N–H and O–H groups in total. The second-order valence-corrected chi connectivity index (χ2v) is 9.42. The molecule has 1 aliphatic rings. The van der Waals surface area contributed by atoms with E-state index in [4.69, 9.17) is 9.47 Å². The van der Waals surface area contributed by atoms with Crippen LogP contribution >= 0.6 is 0 Å². The lowest BCUT2D eigenvalue weighted by atomic mass is 9.93. The number of carbonyl (C=O) groups excluding carboxylic acids is 2. The Balaban J connectivity index is 1.80. The van der Waals surface area contributed by atoms with Crippen molar-refractivity contribution in [3.63, 3.8) is 0 Å². The maximum atomic E-state index is 13.5. The van der Waals surface area contributed by atoms with E-state index < -0.39 is 17.7 Å². The van der Waals surface area contributed by atoms with E-state index in [2.05, 4.69) is 18.7 Å². The number of ketones is 1. The number of Topliss-reactive ketones (excluding diaryl/α,β-unsaturated/α-hetero) is 1. The number of amides is 1. The summed E-state index contributed by atoms with van der Waals surface area (Å²) >= 11 is 0. The van der Waals surface area contributed by atoms with Crippen LogP contribution in [0, 0.1) is 6.92 Å². The number of benzene rings is 3. The Morgan fingerprint density at radius 2 is 1.62 bits per heavy atom. The second-order valence-electron chi connectivity index (χ2n) is 9.42. The summed E-state index contributed by atoms with van der Waals surface area (Å²) in [5.74, 6) is 0.416. The van der Waals surface area contributed by atoms with Gasteiger partial charge < -0.3 is 24.4 Å². The summed E-state index contributed by atoms with van der Waals surface area (Å²) < 4.78 is 11.6. The lowest BCUT2D eigenvalue weighted by Crippen LogP contribution is -2.38. The minimum atomic E-state index is -0.758. The summed E-state index contributed by atoms with van der Waals surface area (Å²) in [5, 5.41) is 11.5. The first-order valence-electron chi connectivity index (χ1n) is 13.4. The molecule has 1 fully saturated rings. The van der Waals surface area contributed by atoms with Crippen LogP contribution in [0.2, 0.25) is 0 Å². The number of hydrogen-bond donors (Lipinski definition) is 1. The monoisotopic (exact) mass is 528 g/mol. The topological polar surface area (TPSA) is 79.3 Å². The van der Waals surface area contributed by atoms with Gasteiger partial charge in [-0.25, -0.2) is 0 Å². The first-order chi connectivity index (χ1) is 18.9. The molecule has 0 aromatic heterocycles. The summed E-state index contributed by atoms with van der Waals surface area (Å²) in [7, 11) is 0. The maximum absolute atomic E-state index is 13.5. The number of likely N-dealkylation sites (tertiary alicyclic amines) is 1. The van der Waals surface area contributed by atoms with Gasteiger partial charge in [-0.2, -0.15) is 0 Å². The third-order valence-electron chi connectivity index (χ3n) is 7.01. The first-order valence-corrected chi connectivity index (χ1v) is 13.4. The molecule has 0 radical (unpaired) electrons. The molecule has 3 aromatic carbocycles. The molecular weight excluding hydrogens is 492 g/mol. The van der Waals surface area contributed by atoms with Crippen molar-refractivity contribution in [3.05, 3.63) is 95.1 Å². The Morgan fingerprint density at radius 1 is 0.897 bits per heavy atom. The van der Waals surface area contributed by atoms with Crippen LogP contribution in [0.15, 0.2) is 78.4 Å². The SMILES string of the molecule is CCOc1ccc(C(O)=C2C(=O)C(=O)N(CCN(CC)CC)[C@@H]2c2cccc(Oc3ccccc3)c2)c(C)c1. The number of ether oxygens (including phenoxy) is 2. The molecular formula is C32H36N2O5. The van der Waals surface area contributed by atoms with Crippen LogP contribution in [0.1, 0.15) is 43.5 Å². The molecule has 0 spiro atoms. The Kier molecular flexibility index (Phi) is 9.04. The van der Waals surface area contributed by atoms with Crippen LogP contribution in [0.4, 0.5) is 0 Å². The van der Waals surface area contributed by atoms with Crippen molar-refractivity contribution in [3.8, 4) is 17.2 Å². The third-order valence-corrected chi connectivity index (χ3v) is 7.01. The smallest absolute Gasteiger partial charge is 0.295 e. The largest absolute Gasteiger partial charge is 0.507 e. The minimum absolute atomic E-state index is 0.0728. The number of aliphatic hydroxyl groups excluding tert-OH is 1. The van der Waals surface area contributed by atoms with Crippen LogP contribution in [0.5, 0.6) is 17.2 Å². The van der Waals surface area contributed by atoms with Gasteiger partial charge in [-0.05, 0) is 80.5 Å². The maximum Gasteiger partial charge on any atom is 0.295 e. The standard InChI is InChI=1S/C32H36N2O5/c1-5-33(6-2)18-19-34-29(23-12-11-15-26(21-23)39-24-13-9-8-10-14-24)28(31(36)32(34)37)30(35)27-17-16-25(38-7-3)20-22(27)4/h8-17,20-21,29,35H,5-7,18-19H2,1-4H3/t29-/m1/s1. The van der Waals surface area contributed by atoms with Gasteiger partial charge in [0.25, 0.3) is 11.7 Å². The number of carbonyl (C=O) groups is 2. The highest BCUT2D eigenvalue weighted by Gasteiger charge is 2.46. The first kappa shape index (κ1) is 27.9. The highest BCUT2D eigenvalue weighted by molar-refractivity contribution is 6.46. The van der Waals surface area contributed by atoms with Gasteiger partial charge in [-0.15, -0.1) is 0 Å². The average molecular weight is 529 g/mol. The third kappa shape index (κ3) is 6.15. The Morgan fingerprint density at radius 3 is 2.28 bits per heavy atom. The molecule has 1 atom stereocenters. The molecule has 1 amide bonds. The van der Waals surface area contributed by atoms with Crippen LogP contribution < -0.4 is 9.47 Å². The summed E-state index contributed by atoms with van der Waals surface area (Å²) in [6.07, 6.45) is 0. The van der Waals surface area contributed by atoms with Crippen LogP contribution in [-0.2, 0) is 9.59 Å². The molecule has 0 saturated carbocycles. The molecule has 0 unspecified atom stereocenters. The fraction of sp³-hybridized carbons (Fsp3) is 0.312. The number of hydrogen-bond acceptors (Lipinski definition) is 6. The number of aliphatic hydroxyl groups is 1. The van der Waals surface area contributed by atoms with Gasteiger partial charge >= 0.3 is 0 Å². The van der Waals surface area contributed by atoms with Gasteiger partial charge in [-0.1, -0.05) is 44.2 Å². The number of aryl methyl sites for hydroxylation is 1. The zero-order valence-corrected chi connectivity index (χ0v) is 23.0. The van der Waals surface area contributed by atoms with E-state index in [1.165, 1.54) is 0 Å². The van der Waals surface area contributed by atoms with Crippen molar-refractivity contribution < 1.29 is 24.2 Å². The highest BCUT2D eigenvalue weighted by atomic mass is 16.5. The molecule has 7 heteroatoms. The summed E-state index contributed by atoms with van der Waals surface area (Å²) in [6, 6.07) is 21.3. The molecule has 1 heterocycles. The molecule has 1 aliphatic heterocycles. The molecule has 1 saturated heterocycles. The lowest BCUT2D eigenvalue weighted by molar-refractivity contribution is -0.140. The molecule has 7 nitrogen and oxygen atoms in total. The predicted molar refractivity (Wildman–Crippen MR) is 152 cm³/mol. The van der Waals surface area contributed by atoms with E-state index in [0.29, 0.717) is 48.1 Å². The van der Waals surface area contributed by atoms with Gasteiger partial charge in [-0.3, -0.25) is 9.59 Å². The van der Waals surface area contributed by atoms with Gasteiger partial charge in [0.1, 0.15) is 23.0 Å². The van der Waals surface area contributed by atoms with Crippen molar-refractivity contribution in [2.75, 3.05) is 32.8 Å². The van der Waals surface area contributed by atoms with Crippen molar-refractivity contribution in [2.24, 2.45) is 0 Å². The fourth-order valence-electron chi connectivity index (χ4n) is 4.92. The van der Waals surface area contributed by atoms with Crippen LogP contribution in [-0.4, -0.2) is 59.4 Å². The van der Waals surface area contributed by atoms with Crippen molar-refractivity contribution in [2.45, 2.75) is 33.7 Å². The van der Waals surface area contributed by atoms with E-state index >= 15 is 0 Å². The number of rotatable bonds is 11. The molecule has 204 valence electrons. The summed E-state index contributed by atoms with van der Waals surface area (Å²) in [5.41, 5.74) is 1.99. The van der Waals surface area contributed by atoms with Crippen molar-refractivity contribution in [1.29, 1.82) is 0 Å². The molecule has 3 aromatic rings. The Labute approximate surface area is 230 Å². The Hall–Kier alpha value is -4.10. The zero-order chi connectivity index (χ0) is 27.9. The fourth-order valence-corrected chi connectivity index (χ4v) is 4.92. The van der Waals surface area contributed by atoms with E-state index in [1.54, 1.807) is 17.0 Å². The average Bonchev–Trinajstić information content (AvgIpc) is 3.19. The number of nitrogens with zero attached hydrogens (tertiary/aromatic N) is 2. The second kappa shape index (κ2) is 12.6. The molecule has 0 aliphatic carbocycles. The van der Waals surface area contributed by atoms with E-state index in [0.717, 1.165) is 18.7 Å². The van der Waals surface area contributed by atoms with E-state index in [9.17, 15) is 14.7 Å². The molecule has 39 heavy (non-hydrogen) atoms. The number of likely N-dealkylation sites (N-methyl/N-ethyl adjacent to an activating group) is 1. The van der Waals surface area contributed by atoms with Gasteiger partial charge in [0.05, 0.1) is 18.2 Å². The Bertz CT molecular complexity index is 1350. The molecule has 4 rings (SSSR count). The van der Waals surface area contributed by atoms with Gasteiger partial charge in [0.2, 0.25) is 0 Å². The highest BCUT2D eigenvalue weighted by Crippen LogP contribution is 2.41. The predicted octanol–water partition coefficient (Wildman–Crippen LogP) is 5.95. The normalized spacial score (nSPS) is 16.6. The lowest BCUT2D eigenvalue weighted by Gasteiger charge is -2.28. The van der Waals surface area contributed by atoms with Crippen molar-refractivity contribution in [1.82, 2.24) is 9.80 Å². The van der Waals surface area contributed by atoms with Crippen LogP contribution in [0.3, 0.4) is 0 Å². The quantitative estimate of drug-likeness (QED) is 0.188. The van der Waals surface area contributed by atoms with E-state index in [-0.39, 0.29) is 11.3 Å². The zero-order valence-electron chi connectivity index (χ0n) is 23.0. The van der Waals surface area contributed by atoms with Gasteiger partial charge in [0, 0.05) is 18.7 Å². The molecule has 0 bridgehead atoms. The number of para-hydroxylation sites is 1. The van der Waals surface area contributed by atoms with Crippen molar-refractivity contribution >= 4 is 17.4 Å². The minimum Gasteiger partial charge on any atom is -0.507 e. The van der Waals surface area contributed by atoms with E-state index in [1.807, 2.05) is 74.5 Å².